The van der Waals surface area contributed by atoms with Gasteiger partial charge in [0.25, 0.3) is 0 Å². The Kier molecular flexibility index (Phi) is 7.20. The van der Waals surface area contributed by atoms with Crippen LogP contribution < -0.4 is 15.4 Å². The van der Waals surface area contributed by atoms with Crippen molar-refractivity contribution in [1.29, 1.82) is 0 Å². The lowest BCUT2D eigenvalue weighted by atomic mass is 10.0. The highest BCUT2D eigenvalue weighted by Gasteiger charge is 2.15. The molecule has 1 aliphatic heterocycles. The molecule has 0 spiro atoms. The molecule has 0 amide bonds. The number of likely N-dealkylation sites (tertiary alicyclic amines) is 1. The lowest BCUT2D eigenvalue weighted by Crippen LogP contribution is -2.43. The van der Waals surface area contributed by atoms with Crippen molar-refractivity contribution in [3.05, 3.63) is 29.8 Å². The lowest BCUT2D eigenvalue weighted by Gasteiger charge is -2.30. The van der Waals surface area contributed by atoms with Crippen LogP contribution in [0, 0.1) is 5.92 Å². The van der Waals surface area contributed by atoms with Crippen molar-refractivity contribution in [1.82, 2.24) is 15.5 Å². The van der Waals surface area contributed by atoms with Gasteiger partial charge in [0, 0.05) is 38.8 Å². The number of benzene rings is 1. The minimum absolute atomic E-state index is 0.699. The Balaban J connectivity index is 1.73. The second kappa shape index (κ2) is 9.40. The number of hydrogen-bond acceptors (Lipinski definition) is 3. The molecule has 1 saturated heterocycles. The van der Waals surface area contributed by atoms with Gasteiger partial charge in [-0.15, -0.1) is 0 Å². The highest BCUT2D eigenvalue weighted by atomic mass is 16.5. The summed E-state index contributed by atoms with van der Waals surface area (Å²) in [5.74, 6) is 2.56. The van der Waals surface area contributed by atoms with Gasteiger partial charge in [-0.3, -0.25) is 4.99 Å². The van der Waals surface area contributed by atoms with Crippen LogP contribution in [0.3, 0.4) is 0 Å². The average molecular weight is 318 g/mol. The van der Waals surface area contributed by atoms with Crippen LogP contribution in [0.2, 0.25) is 0 Å². The Morgan fingerprint density at radius 3 is 2.91 bits per heavy atom. The third-order valence-electron chi connectivity index (χ3n) is 4.32. The standard InChI is InChI=1S/C18H30N4O/c1-15-7-6-11-22(14-15)12-10-20-18(19-2)21-13-16-8-4-5-9-17(16)23-3/h4-5,8-9,15H,6-7,10-14H2,1-3H3,(H2,19,20,21). The number of methoxy groups -OCH3 is 1. The predicted octanol–water partition coefficient (Wildman–Crippen LogP) is 2.09. The fourth-order valence-corrected chi connectivity index (χ4v) is 3.07. The van der Waals surface area contributed by atoms with E-state index in [9.17, 15) is 0 Å². The molecule has 0 bridgehead atoms. The molecule has 1 unspecified atom stereocenters. The number of ether oxygens (including phenoxy) is 1. The summed E-state index contributed by atoms with van der Waals surface area (Å²) < 4.78 is 5.37. The predicted molar refractivity (Wildman–Crippen MR) is 96.0 cm³/mol. The summed E-state index contributed by atoms with van der Waals surface area (Å²) in [4.78, 5) is 6.83. The zero-order valence-electron chi connectivity index (χ0n) is 14.6. The molecular weight excluding hydrogens is 288 g/mol. The fraction of sp³-hybridized carbons (Fsp3) is 0.611. The highest BCUT2D eigenvalue weighted by Crippen LogP contribution is 2.16. The van der Waals surface area contributed by atoms with E-state index >= 15 is 0 Å². The van der Waals surface area contributed by atoms with E-state index in [-0.39, 0.29) is 0 Å². The van der Waals surface area contributed by atoms with Crippen LogP contribution in [0.15, 0.2) is 29.3 Å². The van der Waals surface area contributed by atoms with E-state index in [4.69, 9.17) is 4.74 Å². The normalized spacial score (nSPS) is 19.4. The zero-order valence-corrected chi connectivity index (χ0v) is 14.6. The van der Waals surface area contributed by atoms with Crippen LogP contribution in [0.4, 0.5) is 0 Å². The maximum Gasteiger partial charge on any atom is 0.191 e. The van der Waals surface area contributed by atoms with Gasteiger partial charge in [-0.25, -0.2) is 0 Å². The van der Waals surface area contributed by atoms with Gasteiger partial charge in [-0.05, 0) is 31.4 Å². The Labute approximate surface area is 140 Å². The first kappa shape index (κ1) is 17.6. The fourth-order valence-electron chi connectivity index (χ4n) is 3.07. The number of hydrogen-bond donors (Lipinski definition) is 2. The largest absolute Gasteiger partial charge is 0.496 e. The van der Waals surface area contributed by atoms with E-state index in [1.54, 1.807) is 14.2 Å². The maximum atomic E-state index is 5.37. The van der Waals surface area contributed by atoms with Gasteiger partial charge < -0.3 is 20.3 Å². The summed E-state index contributed by atoms with van der Waals surface area (Å²) in [6.07, 6.45) is 2.69. The number of piperidine rings is 1. The molecule has 1 aliphatic rings. The van der Waals surface area contributed by atoms with Crippen molar-refractivity contribution in [2.75, 3.05) is 40.3 Å². The lowest BCUT2D eigenvalue weighted by molar-refractivity contribution is 0.187. The summed E-state index contributed by atoms with van der Waals surface area (Å²) >= 11 is 0. The number of guanidine groups is 1. The summed E-state index contributed by atoms with van der Waals surface area (Å²) in [6, 6.07) is 8.04. The average Bonchev–Trinajstić information content (AvgIpc) is 2.58. The van der Waals surface area contributed by atoms with E-state index < -0.39 is 0 Å². The van der Waals surface area contributed by atoms with Crippen molar-refractivity contribution in [2.24, 2.45) is 10.9 Å². The van der Waals surface area contributed by atoms with Crippen LogP contribution in [-0.4, -0.2) is 51.2 Å². The van der Waals surface area contributed by atoms with Crippen molar-refractivity contribution in [3.63, 3.8) is 0 Å². The third-order valence-corrected chi connectivity index (χ3v) is 4.32. The van der Waals surface area contributed by atoms with Gasteiger partial charge in [0.05, 0.1) is 7.11 Å². The number of rotatable bonds is 6. The number of nitrogens with one attached hydrogen (secondary N) is 2. The second-order valence-electron chi connectivity index (χ2n) is 6.21. The van der Waals surface area contributed by atoms with Gasteiger partial charge in [0.2, 0.25) is 0 Å². The Morgan fingerprint density at radius 2 is 2.17 bits per heavy atom. The van der Waals surface area contributed by atoms with Gasteiger partial charge in [-0.1, -0.05) is 25.1 Å². The van der Waals surface area contributed by atoms with Crippen molar-refractivity contribution in [2.45, 2.75) is 26.3 Å². The first-order valence-electron chi connectivity index (χ1n) is 8.51. The van der Waals surface area contributed by atoms with Crippen LogP contribution in [0.1, 0.15) is 25.3 Å². The topological polar surface area (TPSA) is 48.9 Å². The van der Waals surface area contributed by atoms with E-state index in [0.717, 1.165) is 36.3 Å². The molecule has 5 heteroatoms. The summed E-state index contributed by atoms with van der Waals surface area (Å²) in [7, 11) is 3.51. The number of aliphatic imine (C=N–C) groups is 1. The molecule has 128 valence electrons. The van der Waals surface area contributed by atoms with Crippen molar-refractivity contribution < 1.29 is 4.74 Å². The Hall–Kier alpha value is -1.75. The zero-order chi connectivity index (χ0) is 16.5. The smallest absolute Gasteiger partial charge is 0.191 e. The SMILES string of the molecule is CN=C(NCCN1CCCC(C)C1)NCc1ccccc1OC. The molecule has 1 aromatic rings. The van der Waals surface area contributed by atoms with E-state index in [1.165, 1.54) is 25.9 Å². The number of nitrogens with zero attached hydrogens (tertiary/aromatic N) is 2. The minimum atomic E-state index is 0.699. The quantitative estimate of drug-likeness (QED) is 0.623. The summed E-state index contributed by atoms with van der Waals surface area (Å²) in [5, 5.41) is 6.74. The summed E-state index contributed by atoms with van der Waals surface area (Å²) in [6.45, 7) is 7.46. The van der Waals surface area contributed by atoms with E-state index in [2.05, 4.69) is 33.5 Å². The minimum Gasteiger partial charge on any atom is -0.496 e. The van der Waals surface area contributed by atoms with Crippen LogP contribution in [0.25, 0.3) is 0 Å². The molecule has 0 saturated carbocycles. The van der Waals surface area contributed by atoms with E-state index in [1.807, 2.05) is 18.2 Å². The van der Waals surface area contributed by atoms with Crippen LogP contribution >= 0.6 is 0 Å². The van der Waals surface area contributed by atoms with E-state index in [0.29, 0.717) is 6.54 Å². The summed E-state index contributed by atoms with van der Waals surface area (Å²) in [5.41, 5.74) is 1.13. The Morgan fingerprint density at radius 1 is 1.35 bits per heavy atom. The van der Waals surface area contributed by atoms with Gasteiger partial charge >= 0.3 is 0 Å². The van der Waals surface area contributed by atoms with Crippen molar-refractivity contribution >= 4 is 5.96 Å². The molecule has 5 nitrogen and oxygen atoms in total. The molecule has 1 atom stereocenters. The molecule has 23 heavy (non-hydrogen) atoms. The van der Waals surface area contributed by atoms with Gasteiger partial charge in [0.1, 0.15) is 5.75 Å². The molecule has 0 aromatic heterocycles. The van der Waals surface area contributed by atoms with Gasteiger partial charge in [-0.2, -0.15) is 0 Å². The first-order chi connectivity index (χ1) is 11.2. The number of para-hydroxylation sites is 1. The molecule has 1 aromatic carbocycles. The van der Waals surface area contributed by atoms with Gasteiger partial charge in [0.15, 0.2) is 5.96 Å². The maximum absolute atomic E-state index is 5.37. The first-order valence-corrected chi connectivity index (χ1v) is 8.51. The van der Waals surface area contributed by atoms with Crippen LogP contribution in [0.5, 0.6) is 5.75 Å². The molecule has 1 fully saturated rings. The molecule has 2 N–H and O–H groups in total. The van der Waals surface area contributed by atoms with Crippen LogP contribution in [-0.2, 0) is 6.54 Å². The molecule has 1 heterocycles. The third kappa shape index (κ3) is 5.75. The molecule has 2 rings (SSSR count). The molecule has 0 aliphatic carbocycles. The molecular formula is C18H30N4O. The van der Waals surface area contributed by atoms with Crippen molar-refractivity contribution in [3.8, 4) is 5.75 Å². The highest BCUT2D eigenvalue weighted by molar-refractivity contribution is 5.79. The Bertz CT molecular complexity index is 504. The molecule has 0 radical (unpaired) electrons. The monoisotopic (exact) mass is 318 g/mol. The second-order valence-corrected chi connectivity index (χ2v) is 6.21.